The molecule has 16 heavy (non-hydrogen) atoms. The van der Waals surface area contributed by atoms with Crippen LogP contribution in [0.4, 0.5) is 0 Å². The van der Waals surface area contributed by atoms with Gasteiger partial charge in [0.15, 0.2) is 0 Å². The van der Waals surface area contributed by atoms with E-state index in [-0.39, 0.29) is 5.97 Å². The quantitative estimate of drug-likeness (QED) is 0.685. The second-order valence-corrected chi connectivity index (χ2v) is 4.52. The van der Waals surface area contributed by atoms with Crippen LogP contribution in [-0.4, -0.2) is 50.7 Å². The summed E-state index contributed by atoms with van der Waals surface area (Å²) in [6.07, 6.45) is 3.61. The molecule has 0 aromatic rings. The van der Waals surface area contributed by atoms with Crippen LogP contribution in [-0.2, 0) is 9.53 Å². The summed E-state index contributed by atoms with van der Waals surface area (Å²) in [6, 6.07) is 0. The Bertz CT molecular complexity index is 203. The number of carbonyl (C=O) groups excluding carboxylic acids is 1. The fourth-order valence-corrected chi connectivity index (χ4v) is 2.24. The van der Waals surface area contributed by atoms with E-state index in [1.54, 1.807) is 0 Å². The Morgan fingerprint density at radius 1 is 1.56 bits per heavy atom. The lowest BCUT2D eigenvalue weighted by atomic mass is 9.99. The first-order chi connectivity index (χ1) is 7.76. The lowest BCUT2D eigenvalue weighted by Crippen LogP contribution is -2.40. The molecule has 0 aliphatic carbocycles. The van der Waals surface area contributed by atoms with Crippen LogP contribution in [0.2, 0.25) is 0 Å². The molecule has 1 unspecified atom stereocenters. The van der Waals surface area contributed by atoms with Gasteiger partial charge in [0.25, 0.3) is 0 Å². The highest BCUT2D eigenvalue weighted by Gasteiger charge is 2.18. The number of rotatable bonds is 6. The van der Waals surface area contributed by atoms with Gasteiger partial charge in [0.2, 0.25) is 0 Å². The van der Waals surface area contributed by atoms with Crippen molar-refractivity contribution in [3.8, 4) is 0 Å². The second-order valence-electron chi connectivity index (χ2n) is 4.52. The molecule has 1 N–H and O–H groups in total. The van der Waals surface area contributed by atoms with Crippen LogP contribution >= 0.6 is 0 Å². The Morgan fingerprint density at radius 3 is 2.94 bits per heavy atom. The summed E-state index contributed by atoms with van der Waals surface area (Å²) in [7, 11) is 1.45. The van der Waals surface area contributed by atoms with E-state index >= 15 is 0 Å². The molecule has 94 valence electrons. The van der Waals surface area contributed by atoms with E-state index in [9.17, 15) is 4.79 Å². The first-order valence-electron chi connectivity index (χ1n) is 6.26. The molecule has 1 atom stereocenters. The van der Waals surface area contributed by atoms with Crippen LogP contribution in [0, 0.1) is 5.92 Å². The summed E-state index contributed by atoms with van der Waals surface area (Å²) in [5.41, 5.74) is 0. The second kappa shape index (κ2) is 7.63. The molecule has 1 rings (SSSR count). The van der Waals surface area contributed by atoms with Gasteiger partial charge in [-0.1, -0.05) is 6.92 Å². The van der Waals surface area contributed by atoms with E-state index in [1.807, 2.05) is 0 Å². The number of methoxy groups -OCH3 is 1. The zero-order valence-corrected chi connectivity index (χ0v) is 10.5. The number of esters is 1. The van der Waals surface area contributed by atoms with E-state index in [0.717, 1.165) is 32.6 Å². The normalized spacial score (nSPS) is 21.1. The number of piperidine rings is 1. The molecule has 4 nitrogen and oxygen atoms in total. The fourth-order valence-electron chi connectivity index (χ4n) is 2.24. The van der Waals surface area contributed by atoms with Gasteiger partial charge >= 0.3 is 5.97 Å². The molecule has 1 aliphatic heterocycles. The summed E-state index contributed by atoms with van der Waals surface area (Å²) in [5.74, 6) is 0.558. The highest BCUT2D eigenvalue weighted by molar-refractivity contribution is 5.71. The van der Waals surface area contributed by atoms with Gasteiger partial charge in [-0.2, -0.15) is 0 Å². The highest BCUT2D eigenvalue weighted by atomic mass is 16.5. The number of nitrogens with one attached hydrogen (secondary N) is 1. The molecule has 1 heterocycles. The average Bonchev–Trinajstić information content (AvgIpc) is 2.30. The van der Waals surface area contributed by atoms with Gasteiger partial charge in [-0.15, -0.1) is 0 Å². The summed E-state index contributed by atoms with van der Waals surface area (Å²) < 4.78 is 4.72. The number of carbonyl (C=O) groups is 1. The minimum atomic E-state index is -0.128. The van der Waals surface area contributed by atoms with Crippen LogP contribution in [0.25, 0.3) is 0 Å². The predicted octanol–water partition coefficient (Wildman–Crippen LogP) is 0.871. The van der Waals surface area contributed by atoms with E-state index in [2.05, 4.69) is 17.1 Å². The summed E-state index contributed by atoms with van der Waals surface area (Å²) in [6.45, 7) is 6.79. The third kappa shape index (κ3) is 4.94. The van der Waals surface area contributed by atoms with Gasteiger partial charge in [-0.25, -0.2) is 0 Å². The van der Waals surface area contributed by atoms with Crippen LogP contribution < -0.4 is 5.32 Å². The minimum absolute atomic E-state index is 0.128. The zero-order chi connectivity index (χ0) is 11.8. The van der Waals surface area contributed by atoms with Crippen molar-refractivity contribution in [2.75, 3.05) is 39.8 Å². The van der Waals surface area contributed by atoms with E-state index in [4.69, 9.17) is 4.74 Å². The molecule has 0 saturated carbocycles. The third-order valence-corrected chi connectivity index (χ3v) is 3.04. The summed E-state index contributed by atoms with van der Waals surface area (Å²) >= 11 is 0. The largest absolute Gasteiger partial charge is 0.468 e. The molecule has 1 aliphatic rings. The molecular formula is C12H24N2O2. The van der Waals surface area contributed by atoms with Gasteiger partial charge in [0.1, 0.15) is 0 Å². The number of ether oxygens (including phenoxy) is 1. The molecule has 0 spiro atoms. The van der Waals surface area contributed by atoms with E-state index in [0.29, 0.717) is 12.5 Å². The monoisotopic (exact) mass is 228 g/mol. The minimum Gasteiger partial charge on any atom is -0.468 e. The molecule has 4 heteroatoms. The Morgan fingerprint density at radius 2 is 2.38 bits per heavy atom. The fraction of sp³-hybridized carbons (Fsp3) is 0.917. The maximum Gasteiger partial charge on any atom is 0.319 e. The molecule has 1 saturated heterocycles. The Balaban J connectivity index is 2.33. The molecule has 0 bridgehead atoms. The van der Waals surface area contributed by atoms with Crippen molar-refractivity contribution in [3.63, 3.8) is 0 Å². The summed E-state index contributed by atoms with van der Waals surface area (Å²) in [5, 5.41) is 3.41. The maximum absolute atomic E-state index is 11.3. The lowest BCUT2D eigenvalue weighted by molar-refractivity contribution is -0.142. The van der Waals surface area contributed by atoms with Crippen LogP contribution in [0.3, 0.4) is 0 Å². The number of hydrogen-bond donors (Lipinski definition) is 1. The van der Waals surface area contributed by atoms with E-state index < -0.39 is 0 Å². The molecule has 0 aromatic carbocycles. The zero-order valence-electron chi connectivity index (χ0n) is 10.5. The van der Waals surface area contributed by atoms with Crippen molar-refractivity contribution in [3.05, 3.63) is 0 Å². The third-order valence-electron chi connectivity index (χ3n) is 3.04. The van der Waals surface area contributed by atoms with Crippen molar-refractivity contribution >= 4 is 5.97 Å². The number of nitrogens with zero attached hydrogens (tertiary/aromatic N) is 1. The maximum atomic E-state index is 11.3. The van der Waals surface area contributed by atoms with Crippen molar-refractivity contribution in [1.29, 1.82) is 0 Å². The molecule has 0 radical (unpaired) electrons. The molecule has 0 amide bonds. The first kappa shape index (κ1) is 13.5. The Kier molecular flexibility index (Phi) is 6.42. The van der Waals surface area contributed by atoms with Crippen molar-refractivity contribution in [2.45, 2.75) is 26.2 Å². The molecule has 1 fully saturated rings. The highest BCUT2D eigenvalue weighted by Crippen LogP contribution is 2.11. The number of hydrogen-bond acceptors (Lipinski definition) is 4. The topological polar surface area (TPSA) is 41.6 Å². The van der Waals surface area contributed by atoms with Gasteiger partial charge in [0.05, 0.1) is 13.7 Å². The predicted molar refractivity (Wildman–Crippen MR) is 64.3 cm³/mol. The van der Waals surface area contributed by atoms with Gasteiger partial charge in [-0.3, -0.25) is 9.69 Å². The van der Waals surface area contributed by atoms with Gasteiger partial charge < -0.3 is 10.1 Å². The Hall–Kier alpha value is -0.610. The lowest BCUT2D eigenvalue weighted by Gasteiger charge is -2.29. The smallest absolute Gasteiger partial charge is 0.319 e. The standard InChI is InChI=1S/C12H24N2O2/c1-3-7-14(10-12(15)16-2)9-11-5-4-6-13-8-11/h11,13H,3-10H2,1-2H3. The van der Waals surface area contributed by atoms with Crippen LogP contribution in [0.5, 0.6) is 0 Å². The SMILES string of the molecule is CCCN(CC(=O)OC)CC1CCCNC1. The van der Waals surface area contributed by atoms with Crippen LogP contribution in [0.1, 0.15) is 26.2 Å². The van der Waals surface area contributed by atoms with Crippen molar-refractivity contribution < 1.29 is 9.53 Å². The van der Waals surface area contributed by atoms with Crippen molar-refractivity contribution in [2.24, 2.45) is 5.92 Å². The van der Waals surface area contributed by atoms with E-state index in [1.165, 1.54) is 20.0 Å². The summed E-state index contributed by atoms with van der Waals surface area (Å²) in [4.78, 5) is 13.5. The molecule has 0 aromatic heterocycles. The molecular weight excluding hydrogens is 204 g/mol. The van der Waals surface area contributed by atoms with Gasteiger partial charge in [-0.05, 0) is 44.8 Å². The van der Waals surface area contributed by atoms with Gasteiger partial charge in [0, 0.05) is 6.54 Å². The average molecular weight is 228 g/mol. The Labute approximate surface area is 98.3 Å². The van der Waals surface area contributed by atoms with Crippen LogP contribution in [0.15, 0.2) is 0 Å². The first-order valence-corrected chi connectivity index (χ1v) is 6.26. The van der Waals surface area contributed by atoms with Crippen molar-refractivity contribution in [1.82, 2.24) is 10.2 Å².